The van der Waals surface area contributed by atoms with Gasteiger partial charge in [-0.3, -0.25) is 4.79 Å². The van der Waals surface area contributed by atoms with Gasteiger partial charge in [-0.2, -0.15) is 5.10 Å². The molecule has 3 aromatic rings. The van der Waals surface area contributed by atoms with Crippen LogP contribution in [0.2, 0.25) is 0 Å². The lowest BCUT2D eigenvalue weighted by atomic mass is 9.99. The minimum atomic E-state index is -3.87. The molecule has 3 aromatic heterocycles. The monoisotopic (exact) mass is 538 g/mol. The minimum Gasteiger partial charge on any atom is -0.317 e. The summed E-state index contributed by atoms with van der Waals surface area (Å²) < 4.78 is 50.4. The van der Waals surface area contributed by atoms with Crippen LogP contribution < -0.4 is 5.32 Å². The molecular weight excluding hydrogens is 512 g/mol. The summed E-state index contributed by atoms with van der Waals surface area (Å²) in [5.74, 6) is 0.121. The molecule has 4 rings (SSSR count). The van der Waals surface area contributed by atoms with E-state index in [-0.39, 0.29) is 30.6 Å². The Morgan fingerprint density at radius 3 is 2.54 bits per heavy atom. The standard InChI is InChI=1S/C21H26N6O5S3/c1-14-11-15(2)27(25-14)19-17(5-4-8-22-19)23-20(28)18-12-33-21(24-18)16-6-9-26(10-7-16)35(31,32)13-34(3,29)30/h4-5,8,11-12,16H,6-7,9-10,13H2,1-3H3,(H,23,28). The second kappa shape index (κ2) is 9.76. The van der Waals surface area contributed by atoms with Gasteiger partial charge in [-0.1, -0.05) is 0 Å². The van der Waals surface area contributed by atoms with Crippen molar-refractivity contribution in [3.63, 3.8) is 0 Å². The number of hydrogen-bond donors (Lipinski definition) is 1. The third kappa shape index (κ3) is 5.94. The van der Waals surface area contributed by atoms with E-state index in [0.717, 1.165) is 22.7 Å². The Kier molecular flexibility index (Phi) is 7.09. The first-order chi connectivity index (χ1) is 16.4. The second-order valence-electron chi connectivity index (χ2n) is 8.57. The quantitative estimate of drug-likeness (QED) is 0.482. The van der Waals surface area contributed by atoms with Crippen LogP contribution in [0.15, 0.2) is 29.8 Å². The fourth-order valence-corrected chi connectivity index (χ4v) is 8.50. The van der Waals surface area contributed by atoms with Crippen LogP contribution in [-0.2, 0) is 19.9 Å². The summed E-state index contributed by atoms with van der Waals surface area (Å²) in [6.07, 6.45) is 3.54. The number of sulfonamides is 1. The maximum absolute atomic E-state index is 12.9. The van der Waals surface area contributed by atoms with Gasteiger partial charge < -0.3 is 5.32 Å². The molecule has 0 aliphatic carbocycles. The van der Waals surface area contributed by atoms with Crippen molar-refractivity contribution < 1.29 is 21.6 Å². The molecule has 1 N–H and O–H groups in total. The van der Waals surface area contributed by atoms with Crippen LogP contribution in [0.1, 0.15) is 45.6 Å². The molecule has 1 amide bonds. The molecule has 0 unspecified atom stereocenters. The molecule has 0 aromatic carbocycles. The third-order valence-electron chi connectivity index (χ3n) is 5.56. The van der Waals surface area contributed by atoms with Crippen LogP contribution in [-0.4, -0.2) is 71.2 Å². The number of amides is 1. The van der Waals surface area contributed by atoms with Crippen LogP contribution in [0, 0.1) is 13.8 Å². The SMILES string of the molecule is Cc1cc(C)n(-c2ncccc2NC(=O)c2csc(C3CCN(S(=O)(=O)CS(C)(=O)=O)CC3)n2)n1. The molecule has 11 nitrogen and oxygen atoms in total. The number of sulfone groups is 1. The number of carbonyl (C=O) groups is 1. The van der Waals surface area contributed by atoms with E-state index in [4.69, 9.17) is 0 Å². The topological polar surface area (TPSA) is 144 Å². The average molecular weight is 539 g/mol. The number of aryl methyl sites for hydroxylation is 2. The molecule has 0 spiro atoms. The predicted molar refractivity (Wildman–Crippen MR) is 133 cm³/mol. The molecule has 4 heterocycles. The number of piperidine rings is 1. The third-order valence-corrected chi connectivity index (χ3v) is 10.6. The Hall–Kier alpha value is -2.68. The van der Waals surface area contributed by atoms with Gasteiger partial charge in [0.15, 0.2) is 20.7 Å². The molecule has 0 saturated carbocycles. The predicted octanol–water partition coefficient (Wildman–Crippen LogP) is 2.10. The fourth-order valence-electron chi connectivity index (χ4n) is 4.00. The summed E-state index contributed by atoms with van der Waals surface area (Å²) in [5, 5.41) is 8.84. The van der Waals surface area contributed by atoms with Gasteiger partial charge in [-0.15, -0.1) is 11.3 Å². The Bertz CT molecular complexity index is 1450. The molecule has 14 heteroatoms. The molecule has 1 aliphatic rings. The highest BCUT2D eigenvalue weighted by atomic mass is 32.3. The first-order valence-electron chi connectivity index (χ1n) is 10.8. The lowest BCUT2D eigenvalue weighted by molar-refractivity contribution is 0.102. The Labute approximate surface area is 208 Å². The van der Waals surface area contributed by atoms with E-state index in [0.29, 0.717) is 24.3 Å². The van der Waals surface area contributed by atoms with Crippen molar-refractivity contribution >= 4 is 42.8 Å². The van der Waals surface area contributed by atoms with Crippen molar-refractivity contribution in [2.24, 2.45) is 0 Å². The van der Waals surface area contributed by atoms with Gasteiger partial charge in [0.2, 0.25) is 10.0 Å². The molecule has 1 aliphatic heterocycles. The van der Waals surface area contributed by atoms with Crippen molar-refractivity contribution in [2.45, 2.75) is 32.6 Å². The zero-order valence-electron chi connectivity index (χ0n) is 19.5. The van der Waals surface area contributed by atoms with E-state index in [1.807, 2.05) is 19.9 Å². The van der Waals surface area contributed by atoms with Crippen molar-refractivity contribution in [3.05, 3.63) is 51.9 Å². The number of pyridine rings is 1. The van der Waals surface area contributed by atoms with Crippen molar-refractivity contribution in [1.82, 2.24) is 24.1 Å². The lowest BCUT2D eigenvalue weighted by Gasteiger charge is -2.30. The summed E-state index contributed by atoms with van der Waals surface area (Å²) in [6, 6.07) is 5.39. The first kappa shape index (κ1) is 25.4. The molecule has 0 bridgehead atoms. The number of carbonyl (C=O) groups excluding carboxylic acids is 1. The Morgan fingerprint density at radius 2 is 1.91 bits per heavy atom. The molecule has 1 fully saturated rings. The van der Waals surface area contributed by atoms with Gasteiger partial charge in [0.1, 0.15) is 5.69 Å². The van der Waals surface area contributed by atoms with Gasteiger partial charge in [-0.05, 0) is 44.9 Å². The summed E-state index contributed by atoms with van der Waals surface area (Å²) in [7, 11) is -7.51. The minimum absolute atomic E-state index is 0.00474. The molecule has 1 saturated heterocycles. The highest BCUT2D eigenvalue weighted by molar-refractivity contribution is 8.06. The number of nitrogens with one attached hydrogen (secondary N) is 1. The maximum atomic E-state index is 12.9. The molecule has 0 radical (unpaired) electrons. The molecule has 0 atom stereocenters. The number of anilines is 1. The van der Waals surface area contributed by atoms with E-state index >= 15 is 0 Å². The number of thiazole rings is 1. The van der Waals surface area contributed by atoms with E-state index in [2.05, 4.69) is 20.4 Å². The second-order valence-corrected chi connectivity index (χ2v) is 13.9. The van der Waals surface area contributed by atoms with E-state index < -0.39 is 24.9 Å². The zero-order valence-corrected chi connectivity index (χ0v) is 22.0. The Morgan fingerprint density at radius 1 is 1.20 bits per heavy atom. The highest BCUT2D eigenvalue weighted by Crippen LogP contribution is 2.32. The maximum Gasteiger partial charge on any atom is 0.275 e. The van der Waals surface area contributed by atoms with E-state index in [1.54, 1.807) is 28.4 Å². The van der Waals surface area contributed by atoms with Crippen LogP contribution in [0.3, 0.4) is 0 Å². The summed E-state index contributed by atoms with van der Waals surface area (Å²) >= 11 is 1.35. The average Bonchev–Trinajstić information content (AvgIpc) is 3.39. The molecule has 35 heavy (non-hydrogen) atoms. The Balaban J connectivity index is 1.43. The van der Waals surface area contributed by atoms with Crippen LogP contribution in [0.25, 0.3) is 5.82 Å². The van der Waals surface area contributed by atoms with Gasteiger partial charge in [0.05, 0.1) is 16.4 Å². The number of hydrogen-bond acceptors (Lipinski definition) is 9. The zero-order chi connectivity index (χ0) is 25.4. The molecular formula is C21H26N6O5S3. The van der Waals surface area contributed by atoms with Crippen molar-refractivity contribution in [3.8, 4) is 5.82 Å². The number of nitrogens with zero attached hydrogens (tertiary/aromatic N) is 5. The van der Waals surface area contributed by atoms with Gasteiger partial charge in [0.25, 0.3) is 5.91 Å². The van der Waals surface area contributed by atoms with Crippen LogP contribution in [0.5, 0.6) is 0 Å². The summed E-state index contributed by atoms with van der Waals surface area (Å²) in [5.41, 5.74) is 2.49. The van der Waals surface area contributed by atoms with E-state index in [9.17, 15) is 21.6 Å². The number of aromatic nitrogens is 4. The first-order valence-corrected chi connectivity index (χ1v) is 15.4. The smallest absolute Gasteiger partial charge is 0.275 e. The summed E-state index contributed by atoms with van der Waals surface area (Å²) in [6.45, 7) is 4.22. The normalized spacial score (nSPS) is 15.9. The van der Waals surface area contributed by atoms with Crippen molar-refractivity contribution in [2.75, 3.05) is 29.7 Å². The fraction of sp³-hybridized carbons (Fsp3) is 0.429. The van der Waals surface area contributed by atoms with Gasteiger partial charge in [-0.25, -0.2) is 35.8 Å². The molecule has 188 valence electrons. The largest absolute Gasteiger partial charge is 0.317 e. The number of rotatable bonds is 7. The van der Waals surface area contributed by atoms with Crippen LogP contribution >= 0.6 is 11.3 Å². The van der Waals surface area contributed by atoms with E-state index in [1.165, 1.54) is 15.6 Å². The van der Waals surface area contributed by atoms with Crippen molar-refractivity contribution in [1.29, 1.82) is 0 Å². The lowest BCUT2D eigenvalue weighted by Crippen LogP contribution is -2.40. The van der Waals surface area contributed by atoms with Gasteiger partial charge >= 0.3 is 0 Å². The highest BCUT2D eigenvalue weighted by Gasteiger charge is 2.32. The van der Waals surface area contributed by atoms with Crippen LogP contribution in [0.4, 0.5) is 5.69 Å². The summed E-state index contributed by atoms with van der Waals surface area (Å²) in [4.78, 5) is 21.8. The van der Waals surface area contributed by atoms with Gasteiger partial charge in [0, 0.05) is 42.5 Å².